The number of ether oxygens (including phenoxy) is 1. The second-order valence-electron chi connectivity index (χ2n) is 7.18. The molecule has 164 valence electrons. The highest BCUT2D eigenvalue weighted by Crippen LogP contribution is 2.28. The molecule has 0 unspecified atom stereocenters. The highest BCUT2D eigenvalue weighted by molar-refractivity contribution is 5.60. The number of hydrogen-bond donors (Lipinski definition) is 0. The highest BCUT2D eigenvalue weighted by atomic mass is 19.1. The Hall–Kier alpha value is -3.57. The molecule has 0 radical (unpaired) electrons. The zero-order valence-electron chi connectivity index (χ0n) is 16.7. The molecule has 4 aromatic rings. The standard InChI is InChI=1S/C21H17F3N6O2/c22-13-5-6-15(23)14(11-13)20-25-21(32-27-20)19-18(12-29-7-9-31-10-8-29)30(28-26-19)17-4-2-1-3-16(17)24/h1-6,11H,7-10,12H2. The quantitative estimate of drug-likeness (QED) is 0.469. The Kier molecular flexibility index (Phi) is 5.41. The molecule has 0 saturated carbocycles. The van der Waals surface area contributed by atoms with Crippen molar-refractivity contribution in [3.8, 4) is 28.7 Å². The van der Waals surface area contributed by atoms with Crippen LogP contribution in [0.5, 0.6) is 0 Å². The monoisotopic (exact) mass is 442 g/mol. The topological polar surface area (TPSA) is 82.1 Å². The molecule has 32 heavy (non-hydrogen) atoms. The number of benzene rings is 2. The van der Waals surface area contributed by atoms with Crippen LogP contribution in [0.2, 0.25) is 0 Å². The molecule has 1 aliphatic heterocycles. The summed E-state index contributed by atoms with van der Waals surface area (Å²) >= 11 is 0. The van der Waals surface area contributed by atoms with Gasteiger partial charge in [0.15, 0.2) is 5.69 Å². The molecule has 0 spiro atoms. The van der Waals surface area contributed by atoms with Crippen molar-refractivity contribution in [1.29, 1.82) is 0 Å². The first-order valence-electron chi connectivity index (χ1n) is 9.89. The Morgan fingerprint density at radius 2 is 1.78 bits per heavy atom. The van der Waals surface area contributed by atoms with E-state index in [1.165, 1.54) is 10.7 Å². The lowest BCUT2D eigenvalue weighted by Crippen LogP contribution is -2.36. The van der Waals surface area contributed by atoms with E-state index in [1.54, 1.807) is 18.2 Å². The number of aromatic nitrogens is 5. The Morgan fingerprint density at radius 1 is 0.969 bits per heavy atom. The van der Waals surface area contributed by atoms with Crippen LogP contribution in [0.3, 0.4) is 0 Å². The van der Waals surface area contributed by atoms with Crippen molar-refractivity contribution in [2.75, 3.05) is 26.3 Å². The molecule has 11 heteroatoms. The normalized spacial score (nSPS) is 14.7. The highest BCUT2D eigenvalue weighted by Gasteiger charge is 2.26. The maximum Gasteiger partial charge on any atom is 0.280 e. The van der Waals surface area contributed by atoms with Crippen molar-refractivity contribution in [3.05, 3.63) is 65.6 Å². The van der Waals surface area contributed by atoms with E-state index < -0.39 is 17.5 Å². The predicted octanol–water partition coefficient (Wildman–Crippen LogP) is 3.23. The summed E-state index contributed by atoms with van der Waals surface area (Å²) in [4.78, 5) is 6.30. The van der Waals surface area contributed by atoms with Gasteiger partial charge in [-0.3, -0.25) is 4.90 Å². The van der Waals surface area contributed by atoms with Crippen LogP contribution in [0.15, 0.2) is 47.0 Å². The maximum atomic E-state index is 14.5. The first kappa shape index (κ1) is 20.3. The van der Waals surface area contributed by atoms with E-state index in [-0.39, 0.29) is 28.7 Å². The summed E-state index contributed by atoms with van der Waals surface area (Å²) < 4.78 is 54.3. The summed E-state index contributed by atoms with van der Waals surface area (Å²) in [6.45, 7) is 2.85. The lowest BCUT2D eigenvalue weighted by Gasteiger charge is -2.26. The Labute approximate surface area is 180 Å². The fraction of sp³-hybridized carbons (Fsp3) is 0.238. The Morgan fingerprint density at radius 3 is 2.59 bits per heavy atom. The van der Waals surface area contributed by atoms with E-state index in [0.29, 0.717) is 38.5 Å². The van der Waals surface area contributed by atoms with Crippen molar-refractivity contribution in [2.24, 2.45) is 0 Å². The molecule has 1 saturated heterocycles. The number of hydrogen-bond acceptors (Lipinski definition) is 7. The molecule has 5 rings (SSSR count). The van der Waals surface area contributed by atoms with Crippen molar-refractivity contribution in [3.63, 3.8) is 0 Å². The third kappa shape index (κ3) is 3.87. The summed E-state index contributed by atoms with van der Waals surface area (Å²) in [6, 6.07) is 9.14. The molecule has 0 atom stereocenters. The van der Waals surface area contributed by atoms with E-state index in [9.17, 15) is 13.2 Å². The number of halogens is 3. The average molecular weight is 442 g/mol. The Balaban J connectivity index is 1.57. The summed E-state index contributed by atoms with van der Waals surface area (Å²) in [7, 11) is 0. The minimum atomic E-state index is -0.692. The molecule has 0 aliphatic carbocycles. The molecule has 1 fully saturated rings. The van der Waals surface area contributed by atoms with Gasteiger partial charge in [0.2, 0.25) is 5.82 Å². The van der Waals surface area contributed by atoms with Gasteiger partial charge in [-0.2, -0.15) is 4.98 Å². The minimum absolute atomic E-state index is 0.0329. The summed E-state index contributed by atoms with van der Waals surface area (Å²) in [5, 5.41) is 12.0. The molecular weight excluding hydrogens is 425 g/mol. The first-order valence-corrected chi connectivity index (χ1v) is 9.89. The summed E-state index contributed by atoms with van der Waals surface area (Å²) in [5.41, 5.74) is 0.823. The molecule has 0 N–H and O–H groups in total. The van der Waals surface area contributed by atoms with Gasteiger partial charge in [0.1, 0.15) is 23.1 Å². The van der Waals surface area contributed by atoms with Crippen molar-refractivity contribution in [2.45, 2.75) is 6.54 Å². The maximum absolute atomic E-state index is 14.5. The van der Waals surface area contributed by atoms with Crippen molar-refractivity contribution < 1.29 is 22.4 Å². The van der Waals surface area contributed by atoms with Gasteiger partial charge in [0.25, 0.3) is 5.89 Å². The SMILES string of the molecule is Fc1ccc(F)c(-c2noc(-c3nnn(-c4ccccc4F)c3CN3CCOCC3)n2)c1. The molecule has 0 amide bonds. The van der Waals surface area contributed by atoms with Crippen LogP contribution in [0.1, 0.15) is 5.69 Å². The summed E-state index contributed by atoms with van der Waals surface area (Å²) in [5.74, 6) is -1.96. The lowest BCUT2D eigenvalue weighted by atomic mass is 10.2. The smallest absolute Gasteiger partial charge is 0.280 e. The van der Waals surface area contributed by atoms with Crippen LogP contribution in [0.25, 0.3) is 28.7 Å². The van der Waals surface area contributed by atoms with Crippen LogP contribution in [-0.2, 0) is 11.3 Å². The molecule has 1 aliphatic rings. The second kappa shape index (κ2) is 8.52. The number of rotatable bonds is 5. The van der Waals surface area contributed by atoms with Gasteiger partial charge >= 0.3 is 0 Å². The van der Waals surface area contributed by atoms with Gasteiger partial charge in [-0.05, 0) is 30.3 Å². The van der Waals surface area contributed by atoms with E-state index >= 15 is 0 Å². The zero-order chi connectivity index (χ0) is 22.1. The molecular formula is C21H17F3N6O2. The molecule has 8 nitrogen and oxygen atoms in total. The van der Waals surface area contributed by atoms with Gasteiger partial charge in [-0.1, -0.05) is 22.5 Å². The average Bonchev–Trinajstić information content (AvgIpc) is 3.44. The molecule has 3 heterocycles. The predicted molar refractivity (Wildman–Crippen MR) is 106 cm³/mol. The van der Waals surface area contributed by atoms with E-state index in [1.807, 2.05) is 0 Å². The summed E-state index contributed by atoms with van der Waals surface area (Å²) in [6.07, 6.45) is 0. The van der Waals surface area contributed by atoms with Crippen molar-refractivity contribution >= 4 is 0 Å². The minimum Gasteiger partial charge on any atom is -0.379 e. The van der Waals surface area contributed by atoms with Crippen LogP contribution >= 0.6 is 0 Å². The van der Waals surface area contributed by atoms with E-state index in [2.05, 4.69) is 25.4 Å². The third-order valence-electron chi connectivity index (χ3n) is 5.12. The Bertz CT molecular complexity index is 1250. The fourth-order valence-corrected chi connectivity index (χ4v) is 3.50. The zero-order valence-corrected chi connectivity index (χ0v) is 16.7. The lowest BCUT2D eigenvalue weighted by molar-refractivity contribution is 0.0334. The van der Waals surface area contributed by atoms with Gasteiger partial charge in [0.05, 0.1) is 24.5 Å². The molecule has 0 bridgehead atoms. The number of para-hydroxylation sites is 1. The van der Waals surface area contributed by atoms with Gasteiger partial charge in [-0.25, -0.2) is 17.9 Å². The van der Waals surface area contributed by atoms with Crippen molar-refractivity contribution in [1.82, 2.24) is 30.0 Å². The number of nitrogens with zero attached hydrogens (tertiary/aromatic N) is 6. The van der Waals surface area contributed by atoms with Gasteiger partial charge in [-0.15, -0.1) is 5.10 Å². The first-order chi connectivity index (χ1) is 15.6. The van der Waals surface area contributed by atoms with Gasteiger partial charge < -0.3 is 9.26 Å². The molecule has 2 aromatic carbocycles. The van der Waals surface area contributed by atoms with Crippen LogP contribution < -0.4 is 0 Å². The van der Waals surface area contributed by atoms with Crippen LogP contribution in [-0.4, -0.2) is 56.3 Å². The number of morpholine rings is 1. The van der Waals surface area contributed by atoms with Crippen LogP contribution in [0.4, 0.5) is 13.2 Å². The molecule has 2 aromatic heterocycles. The second-order valence-corrected chi connectivity index (χ2v) is 7.18. The third-order valence-corrected chi connectivity index (χ3v) is 5.12. The van der Waals surface area contributed by atoms with E-state index in [4.69, 9.17) is 9.26 Å². The fourth-order valence-electron chi connectivity index (χ4n) is 3.50. The van der Waals surface area contributed by atoms with Crippen LogP contribution in [0, 0.1) is 17.5 Å². The van der Waals surface area contributed by atoms with Gasteiger partial charge in [0, 0.05) is 19.6 Å². The largest absolute Gasteiger partial charge is 0.379 e. The van der Waals surface area contributed by atoms with E-state index in [0.717, 1.165) is 18.2 Å².